The molecule has 1 heterocycles. The lowest BCUT2D eigenvalue weighted by molar-refractivity contribution is -0.136. The summed E-state index contributed by atoms with van der Waals surface area (Å²) >= 11 is 0. The minimum absolute atomic E-state index is 0.140. The van der Waals surface area contributed by atoms with E-state index in [2.05, 4.69) is 4.90 Å². The van der Waals surface area contributed by atoms with E-state index in [1.807, 2.05) is 72.5 Å². The maximum atomic E-state index is 12.9. The minimum Gasteiger partial charge on any atom is -0.378 e. The lowest BCUT2D eigenvalue weighted by atomic mass is 10.1. The number of carbonyl (C=O) groups is 1. The molecule has 1 aliphatic heterocycles. The van der Waals surface area contributed by atoms with Crippen LogP contribution in [-0.4, -0.2) is 43.2 Å². The number of anilines is 2. The zero-order chi connectivity index (χ0) is 16.1. The first-order valence-corrected chi connectivity index (χ1v) is 8.03. The molecule has 120 valence electrons. The Morgan fingerprint density at radius 2 is 1.43 bits per heavy atom. The summed E-state index contributed by atoms with van der Waals surface area (Å²) in [6.45, 7) is 4.54. The normalized spacial score (nSPS) is 16.0. The van der Waals surface area contributed by atoms with Gasteiger partial charge >= 0.3 is 0 Å². The molecule has 0 bridgehead atoms. The zero-order valence-corrected chi connectivity index (χ0v) is 13.4. The van der Waals surface area contributed by atoms with Crippen LogP contribution in [0.5, 0.6) is 0 Å². The van der Waals surface area contributed by atoms with Gasteiger partial charge in [-0.25, -0.2) is 0 Å². The quantitative estimate of drug-likeness (QED) is 0.870. The van der Waals surface area contributed by atoms with Gasteiger partial charge in [0.05, 0.1) is 13.2 Å². The summed E-state index contributed by atoms with van der Waals surface area (Å²) in [6, 6.07) is 19.8. The topological polar surface area (TPSA) is 32.8 Å². The van der Waals surface area contributed by atoms with Crippen LogP contribution in [-0.2, 0) is 9.53 Å². The van der Waals surface area contributed by atoms with Crippen LogP contribution in [0.25, 0.3) is 0 Å². The van der Waals surface area contributed by atoms with Crippen LogP contribution in [0.15, 0.2) is 60.7 Å². The van der Waals surface area contributed by atoms with Gasteiger partial charge in [0.25, 0.3) is 0 Å². The van der Waals surface area contributed by atoms with Crippen LogP contribution in [0.3, 0.4) is 0 Å². The van der Waals surface area contributed by atoms with Crippen LogP contribution >= 0.6 is 0 Å². The van der Waals surface area contributed by atoms with Gasteiger partial charge in [-0.15, -0.1) is 0 Å². The molecular formula is C19H22N2O2. The molecule has 0 aliphatic carbocycles. The van der Waals surface area contributed by atoms with Crippen LogP contribution in [0.4, 0.5) is 11.4 Å². The van der Waals surface area contributed by atoms with E-state index in [0.29, 0.717) is 26.3 Å². The summed E-state index contributed by atoms with van der Waals surface area (Å²) in [6.07, 6.45) is 0. The summed E-state index contributed by atoms with van der Waals surface area (Å²) in [7, 11) is 0. The van der Waals surface area contributed by atoms with Crippen molar-refractivity contribution in [1.82, 2.24) is 4.90 Å². The zero-order valence-electron chi connectivity index (χ0n) is 13.4. The van der Waals surface area contributed by atoms with Gasteiger partial charge in [0, 0.05) is 24.5 Å². The highest BCUT2D eigenvalue weighted by atomic mass is 16.5. The maximum Gasteiger partial charge on any atom is 0.245 e. The molecule has 0 spiro atoms. The number of rotatable bonds is 4. The fourth-order valence-corrected chi connectivity index (χ4v) is 2.93. The Hall–Kier alpha value is -2.33. The second-order valence-electron chi connectivity index (χ2n) is 5.65. The number of morpholine rings is 1. The Labute approximate surface area is 137 Å². The Bertz CT molecular complexity index is 585. The molecule has 0 radical (unpaired) electrons. The van der Waals surface area contributed by atoms with Crippen LogP contribution in [0.1, 0.15) is 6.92 Å². The molecule has 1 aliphatic rings. The van der Waals surface area contributed by atoms with E-state index in [9.17, 15) is 4.79 Å². The second kappa shape index (κ2) is 7.29. The predicted molar refractivity (Wildman–Crippen MR) is 91.9 cm³/mol. The highest BCUT2D eigenvalue weighted by Gasteiger charge is 2.28. The first-order chi connectivity index (χ1) is 11.3. The van der Waals surface area contributed by atoms with E-state index in [-0.39, 0.29) is 11.9 Å². The van der Waals surface area contributed by atoms with Crippen molar-refractivity contribution in [3.63, 3.8) is 0 Å². The van der Waals surface area contributed by atoms with Gasteiger partial charge in [0.2, 0.25) is 5.91 Å². The van der Waals surface area contributed by atoms with Crippen molar-refractivity contribution in [3.8, 4) is 0 Å². The van der Waals surface area contributed by atoms with Crippen molar-refractivity contribution in [2.45, 2.75) is 13.0 Å². The van der Waals surface area contributed by atoms with Gasteiger partial charge in [0.1, 0.15) is 6.04 Å². The Morgan fingerprint density at radius 3 is 1.91 bits per heavy atom. The third-order valence-electron chi connectivity index (χ3n) is 4.14. The van der Waals surface area contributed by atoms with Gasteiger partial charge in [-0.2, -0.15) is 0 Å². The standard InChI is InChI=1S/C19H22N2O2/c1-16(19(22)20-12-14-23-15-13-20)21(17-8-4-2-5-9-17)18-10-6-3-7-11-18/h2-11,16H,12-15H2,1H3. The summed E-state index contributed by atoms with van der Waals surface area (Å²) in [5.41, 5.74) is 2.04. The predicted octanol–water partition coefficient (Wildman–Crippen LogP) is 3.07. The number of benzene rings is 2. The van der Waals surface area contributed by atoms with Crippen molar-refractivity contribution >= 4 is 17.3 Å². The average molecular weight is 310 g/mol. The van der Waals surface area contributed by atoms with Crippen molar-refractivity contribution in [3.05, 3.63) is 60.7 Å². The molecule has 4 nitrogen and oxygen atoms in total. The van der Waals surface area contributed by atoms with E-state index >= 15 is 0 Å². The molecule has 0 N–H and O–H groups in total. The molecular weight excluding hydrogens is 288 g/mol. The number of hydrogen-bond acceptors (Lipinski definition) is 3. The van der Waals surface area contributed by atoms with Crippen LogP contribution in [0, 0.1) is 0 Å². The van der Waals surface area contributed by atoms with Gasteiger partial charge in [0.15, 0.2) is 0 Å². The van der Waals surface area contributed by atoms with Gasteiger partial charge in [-0.1, -0.05) is 36.4 Å². The number of para-hydroxylation sites is 2. The van der Waals surface area contributed by atoms with Crippen LogP contribution < -0.4 is 4.90 Å². The van der Waals surface area contributed by atoms with Crippen molar-refractivity contribution in [2.24, 2.45) is 0 Å². The van der Waals surface area contributed by atoms with Crippen molar-refractivity contribution in [2.75, 3.05) is 31.2 Å². The Kier molecular flexibility index (Phi) is 4.93. The molecule has 1 saturated heterocycles. The van der Waals surface area contributed by atoms with E-state index in [1.54, 1.807) is 0 Å². The van der Waals surface area contributed by atoms with Crippen molar-refractivity contribution in [1.29, 1.82) is 0 Å². The van der Waals surface area contributed by atoms with E-state index in [0.717, 1.165) is 11.4 Å². The lowest BCUT2D eigenvalue weighted by Gasteiger charge is -2.35. The highest BCUT2D eigenvalue weighted by Crippen LogP contribution is 2.28. The van der Waals surface area contributed by atoms with Gasteiger partial charge < -0.3 is 14.5 Å². The third kappa shape index (κ3) is 3.54. The van der Waals surface area contributed by atoms with E-state index in [4.69, 9.17) is 4.74 Å². The van der Waals surface area contributed by atoms with Crippen molar-refractivity contribution < 1.29 is 9.53 Å². The van der Waals surface area contributed by atoms with Gasteiger partial charge in [-0.05, 0) is 31.2 Å². The van der Waals surface area contributed by atoms with E-state index in [1.165, 1.54) is 0 Å². The molecule has 4 heteroatoms. The molecule has 0 aromatic heterocycles. The fourth-order valence-electron chi connectivity index (χ4n) is 2.93. The molecule has 1 atom stereocenters. The van der Waals surface area contributed by atoms with Crippen LogP contribution in [0.2, 0.25) is 0 Å². The first-order valence-electron chi connectivity index (χ1n) is 8.03. The molecule has 2 aromatic rings. The Morgan fingerprint density at radius 1 is 0.957 bits per heavy atom. The third-order valence-corrected chi connectivity index (χ3v) is 4.14. The smallest absolute Gasteiger partial charge is 0.245 e. The molecule has 3 rings (SSSR count). The number of ether oxygens (including phenoxy) is 1. The molecule has 1 fully saturated rings. The molecule has 2 aromatic carbocycles. The summed E-state index contributed by atoms with van der Waals surface area (Å²) in [5, 5.41) is 0. The molecule has 1 amide bonds. The highest BCUT2D eigenvalue weighted by molar-refractivity contribution is 5.88. The maximum absolute atomic E-state index is 12.9. The largest absolute Gasteiger partial charge is 0.378 e. The van der Waals surface area contributed by atoms with E-state index < -0.39 is 0 Å². The molecule has 1 unspecified atom stereocenters. The first kappa shape index (κ1) is 15.6. The number of amides is 1. The average Bonchev–Trinajstić information content (AvgIpc) is 2.64. The second-order valence-corrected chi connectivity index (χ2v) is 5.65. The summed E-state index contributed by atoms with van der Waals surface area (Å²) < 4.78 is 5.35. The minimum atomic E-state index is -0.266. The number of carbonyl (C=O) groups excluding carboxylic acids is 1. The Balaban J connectivity index is 1.90. The lowest BCUT2D eigenvalue weighted by Crippen LogP contribution is -2.49. The molecule has 23 heavy (non-hydrogen) atoms. The number of nitrogens with zero attached hydrogens (tertiary/aromatic N) is 2. The molecule has 0 saturated carbocycles. The van der Waals surface area contributed by atoms with Gasteiger partial charge in [-0.3, -0.25) is 4.79 Å². The fraction of sp³-hybridized carbons (Fsp3) is 0.316. The summed E-state index contributed by atoms with van der Waals surface area (Å²) in [4.78, 5) is 16.9. The SMILES string of the molecule is CC(C(=O)N1CCOCC1)N(c1ccccc1)c1ccccc1. The monoisotopic (exact) mass is 310 g/mol. The number of hydrogen-bond donors (Lipinski definition) is 0. The summed E-state index contributed by atoms with van der Waals surface area (Å²) in [5.74, 6) is 0.140.